The summed E-state index contributed by atoms with van der Waals surface area (Å²) in [4.78, 5) is 29.1. The maximum Gasteiger partial charge on any atom is 0.254 e. The molecule has 0 unspecified atom stereocenters. The predicted molar refractivity (Wildman–Crippen MR) is 105 cm³/mol. The van der Waals surface area contributed by atoms with Crippen LogP contribution in [0, 0.1) is 0 Å². The van der Waals surface area contributed by atoms with Crippen LogP contribution in [-0.2, 0) is 24.3 Å². The summed E-state index contributed by atoms with van der Waals surface area (Å²) in [6, 6.07) is 19.5. The molecule has 1 aromatic heterocycles. The van der Waals surface area contributed by atoms with Crippen molar-refractivity contribution in [2.75, 3.05) is 13.1 Å². The van der Waals surface area contributed by atoms with E-state index >= 15 is 0 Å². The number of carbonyl (C=O) groups excluding carboxylic acids is 2. The Balaban J connectivity index is 1.44. The molecule has 2 amide bonds. The van der Waals surface area contributed by atoms with Crippen molar-refractivity contribution in [3.63, 3.8) is 0 Å². The van der Waals surface area contributed by atoms with Gasteiger partial charge in [0.1, 0.15) is 6.54 Å². The van der Waals surface area contributed by atoms with E-state index in [1.807, 2.05) is 48.5 Å². The molecule has 0 aliphatic carbocycles. The predicted octanol–water partition coefficient (Wildman–Crippen LogP) is 3.51. The number of benzene rings is 2. The van der Waals surface area contributed by atoms with Gasteiger partial charge in [-0.1, -0.05) is 48.5 Å². The Hall–Kier alpha value is -3.34. The number of fused-ring (bicyclic) bond motifs is 1. The van der Waals surface area contributed by atoms with Gasteiger partial charge in [0.05, 0.1) is 12.5 Å². The lowest BCUT2D eigenvalue weighted by molar-refractivity contribution is -0.132. The molecule has 0 atom stereocenters. The van der Waals surface area contributed by atoms with E-state index in [0.29, 0.717) is 25.2 Å². The molecule has 0 fully saturated rings. The van der Waals surface area contributed by atoms with E-state index in [1.54, 1.807) is 22.3 Å². The van der Waals surface area contributed by atoms with Crippen LogP contribution in [-0.4, -0.2) is 34.7 Å². The van der Waals surface area contributed by atoms with Gasteiger partial charge in [0.2, 0.25) is 5.91 Å². The highest BCUT2D eigenvalue weighted by Gasteiger charge is 2.29. The SMILES string of the molecule is O=C(CN1Cc2ccccc2C1=O)N(CCc1ccccc1)Cc1ccoc1. The van der Waals surface area contributed by atoms with Crippen LogP contribution >= 0.6 is 0 Å². The Kier molecular flexibility index (Phi) is 5.24. The van der Waals surface area contributed by atoms with E-state index in [-0.39, 0.29) is 18.4 Å². The minimum atomic E-state index is -0.0738. The fourth-order valence-corrected chi connectivity index (χ4v) is 3.51. The van der Waals surface area contributed by atoms with Gasteiger partial charge in [0.25, 0.3) is 5.91 Å². The molecule has 1 aliphatic rings. The fourth-order valence-electron chi connectivity index (χ4n) is 3.51. The third-order valence-corrected chi connectivity index (χ3v) is 5.04. The molecule has 0 bridgehead atoms. The molecule has 0 N–H and O–H groups in total. The lowest BCUT2D eigenvalue weighted by Gasteiger charge is -2.25. The maximum atomic E-state index is 13.0. The molecule has 0 saturated carbocycles. The van der Waals surface area contributed by atoms with Crippen LogP contribution in [0.2, 0.25) is 0 Å². The zero-order valence-corrected chi connectivity index (χ0v) is 15.6. The summed E-state index contributed by atoms with van der Waals surface area (Å²) in [6.07, 6.45) is 4.02. The molecule has 4 rings (SSSR count). The average Bonchev–Trinajstić information content (AvgIpc) is 3.34. The van der Waals surface area contributed by atoms with Gasteiger partial charge in [0.15, 0.2) is 0 Å². The van der Waals surface area contributed by atoms with Gasteiger partial charge in [-0.3, -0.25) is 9.59 Å². The summed E-state index contributed by atoms with van der Waals surface area (Å²) >= 11 is 0. The van der Waals surface area contributed by atoms with Crippen molar-refractivity contribution in [3.05, 3.63) is 95.4 Å². The van der Waals surface area contributed by atoms with Crippen molar-refractivity contribution >= 4 is 11.8 Å². The van der Waals surface area contributed by atoms with Crippen LogP contribution in [0.5, 0.6) is 0 Å². The van der Waals surface area contributed by atoms with Crippen molar-refractivity contribution in [2.45, 2.75) is 19.5 Å². The lowest BCUT2D eigenvalue weighted by atomic mass is 10.1. The van der Waals surface area contributed by atoms with Gasteiger partial charge < -0.3 is 14.2 Å². The standard InChI is InChI=1S/C23H22N2O3/c26-22(16-25-15-20-8-4-5-9-21(20)23(25)27)24(14-19-11-13-28-17-19)12-10-18-6-2-1-3-7-18/h1-9,11,13,17H,10,12,14-16H2. The van der Waals surface area contributed by atoms with Gasteiger partial charge in [-0.15, -0.1) is 0 Å². The summed E-state index contributed by atoms with van der Waals surface area (Å²) in [5.41, 5.74) is 3.79. The Morgan fingerprint density at radius 2 is 1.79 bits per heavy atom. The van der Waals surface area contributed by atoms with Crippen LogP contribution < -0.4 is 0 Å². The number of hydrogen-bond acceptors (Lipinski definition) is 3. The topological polar surface area (TPSA) is 53.8 Å². The number of carbonyl (C=O) groups is 2. The minimum Gasteiger partial charge on any atom is -0.472 e. The smallest absolute Gasteiger partial charge is 0.254 e. The third kappa shape index (κ3) is 3.98. The Labute approximate surface area is 164 Å². The van der Waals surface area contributed by atoms with Crippen molar-refractivity contribution in [1.82, 2.24) is 9.80 Å². The summed E-state index contributed by atoms with van der Waals surface area (Å²) in [5.74, 6) is -0.131. The van der Waals surface area contributed by atoms with Crippen LogP contribution in [0.15, 0.2) is 77.6 Å². The fraction of sp³-hybridized carbons (Fsp3) is 0.217. The first kappa shape index (κ1) is 18.0. The zero-order valence-electron chi connectivity index (χ0n) is 15.6. The normalized spacial score (nSPS) is 12.9. The first-order valence-corrected chi connectivity index (χ1v) is 9.40. The molecule has 142 valence electrons. The molecule has 2 heterocycles. The highest BCUT2D eigenvalue weighted by molar-refractivity contribution is 6.00. The van der Waals surface area contributed by atoms with Gasteiger partial charge in [-0.05, 0) is 29.7 Å². The molecule has 0 spiro atoms. The van der Waals surface area contributed by atoms with Crippen LogP contribution in [0.25, 0.3) is 0 Å². The van der Waals surface area contributed by atoms with Crippen molar-refractivity contribution < 1.29 is 14.0 Å². The van der Waals surface area contributed by atoms with Gasteiger partial charge in [0, 0.05) is 30.8 Å². The molecule has 0 radical (unpaired) electrons. The minimum absolute atomic E-state index is 0.0571. The molecule has 3 aromatic rings. The quantitative estimate of drug-likeness (QED) is 0.636. The Morgan fingerprint density at radius 1 is 1.00 bits per heavy atom. The monoisotopic (exact) mass is 374 g/mol. The van der Waals surface area contributed by atoms with E-state index in [2.05, 4.69) is 12.1 Å². The number of amides is 2. The second-order valence-corrected chi connectivity index (χ2v) is 7.00. The van der Waals surface area contributed by atoms with E-state index in [4.69, 9.17) is 4.42 Å². The maximum absolute atomic E-state index is 13.0. The van der Waals surface area contributed by atoms with E-state index < -0.39 is 0 Å². The van der Waals surface area contributed by atoms with E-state index in [9.17, 15) is 9.59 Å². The molecule has 1 aliphatic heterocycles. The highest BCUT2D eigenvalue weighted by Crippen LogP contribution is 2.22. The summed E-state index contributed by atoms with van der Waals surface area (Å²) in [6.45, 7) is 1.62. The number of furan rings is 1. The second-order valence-electron chi connectivity index (χ2n) is 7.00. The molecule has 28 heavy (non-hydrogen) atoms. The van der Waals surface area contributed by atoms with Crippen molar-refractivity contribution in [2.24, 2.45) is 0 Å². The molecule has 5 heteroatoms. The zero-order chi connectivity index (χ0) is 19.3. The second kappa shape index (κ2) is 8.13. The van der Waals surface area contributed by atoms with Crippen LogP contribution in [0.1, 0.15) is 27.0 Å². The van der Waals surface area contributed by atoms with Crippen LogP contribution in [0.4, 0.5) is 0 Å². The van der Waals surface area contributed by atoms with Gasteiger partial charge >= 0.3 is 0 Å². The van der Waals surface area contributed by atoms with Crippen LogP contribution in [0.3, 0.4) is 0 Å². The molecule has 0 saturated heterocycles. The van der Waals surface area contributed by atoms with Crippen molar-refractivity contribution in [1.29, 1.82) is 0 Å². The molecule has 2 aromatic carbocycles. The lowest BCUT2D eigenvalue weighted by Crippen LogP contribution is -2.41. The van der Waals surface area contributed by atoms with Crippen molar-refractivity contribution in [3.8, 4) is 0 Å². The summed E-state index contributed by atoms with van der Waals surface area (Å²) in [5, 5.41) is 0. The Bertz CT molecular complexity index is 951. The molecular weight excluding hydrogens is 352 g/mol. The van der Waals surface area contributed by atoms with Gasteiger partial charge in [-0.2, -0.15) is 0 Å². The summed E-state index contributed by atoms with van der Waals surface area (Å²) < 4.78 is 5.15. The number of rotatable bonds is 7. The number of hydrogen-bond donors (Lipinski definition) is 0. The average molecular weight is 374 g/mol. The van der Waals surface area contributed by atoms with Gasteiger partial charge in [-0.25, -0.2) is 0 Å². The third-order valence-electron chi connectivity index (χ3n) is 5.04. The highest BCUT2D eigenvalue weighted by atomic mass is 16.3. The first-order valence-electron chi connectivity index (χ1n) is 9.40. The van der Waals surface area contributed by atoms with E-state index in [0.717, 1.165) is 17.5 Å². The molecular formula is C23H22N2O3. The van der Waals surface area contributed by atoms with E-state index in [1.165, 1.54) is 5.56 Å². The number of nitrogens with zero attached hydrogens (tertiary/aromatic N) is 2. The Morgan fingerprint density at radius 3 is 2.54 bits per heavy atom. The molecule has 5 nitrogen and oxygen atoms in total. The summed E-state index contributed by atoms with van der Waals surface area (Å²) in [7, 11) is 0. The first-order chi connectivity index (χ1) is 13.7. The largest absolute Gasteiger partial charge is 0.472 e.